The number of Topliss-reactive ketones (excluding diaryl/α,β-unsaturated/α-hetero) is 1. The first-order valence-electron chi connectivity index (χ1n) is 9.38. The average Bonchev–Trinajstić information content (AvgIpc) is 2.78. The van der Waals surface area contributed by atoms with Crippen LogP contribution < -0.4 is 0 Å². The van der Waals surface area contributed by atoms with Crippen molar-refractivity contribution in [1.82, 2.24) is 0 Å². The normalized spacial score (nSPS) is 13.3. The van der Waals surface area contributed by atoms with Crippen molar-refractivity contribution in [2.45, 2.75) is 24.7 Å². The van der Waals surface area contributed by atoms with Crippen molar-refractivity contribution in [1.29, 1.82) is 0 Å². The molecule has 0 aliphatic carbocycles. The monoisotopic (exact) mass is 428 g/mol. The summed E-state index contributed by atoms with van der Waals surface area (Å²) in [5.74, 6) is -8.21. The Labute approximate surface area is 176 Å². The molecule has 0 heterocycles. The molecule has 3 aromatic rings. The third-order valence-electron chi connectivity index (χ3n) is 5.22. The van der Waals surface area contributed by atoms with Crippen molar-refractivity contribution in [2.75, 3.05) is 0 Å². The van der Waals surface area contributed by atoms with E-state index in [-0.39, 0.29) is 17.8 Å². The second kappa shape index (κ2) is 8.73. The number of alkyl halides is 2. The SMILES string of the molecule is CC(Cc1ccc(C(F)(F)C(=O)OO)c(F)c1)(C(=O)c1ccccc1)c1ccccc1. The molecule has 0 saturated carbocycles. The van der Waals surface area contributed by atoms with Gasteiger partial charge in [0.1, 0.15) is 5.82 Å². The Morgan fingerprint density at radius 1 is 0.935 bits per heavy atom. The van der Waals surface area contributed by atoms with Gasteiger partial charge in [-0.1, -0.05) is 66.7 Å². The van der Waals surface area contributed by atoms with Crippen LogP contribution in [-0.4, -0.2) is 17.0 Å². The third kappa shape index (κ3) is 4.36. The molecule has 0 bridgehead atoms. The van der Waals surface area contributed by atoms with Gasteiger partial charge in [-0.15, -0.1) is 0 Å². The molecular formula is C24H19F3O4. The van der Waals surface area contributed by atoms with Crippen LogP contribution in [0.2, 0.25) is 0 Å². The summed E-state index contributed by atoms with van der Waals surface area (Å²) in [6, 6.07) is 20.3. The second-order valence-electron chi connectivity index (χ2n) is 7.34. The molecule has 160 valence electrons. The molecule has 0 aliphatic heterocycles. The minimum absolute atomic E-state index is 0.0258. The number of hydrogen-bond donors (Lipinski definition) is 1. The van der Waals surface area contributed by atoms with Crippen LogP contribution >= 0.6 is 0 Å². The van der Waals surface area contributed by atoms with Crippen molar-refractivity contribution in [2.24, 2.45) is 0 Å². The smallest absolute Gasteiger partial charge is 0.294 e. The number of hydrogen-bond acceptors (Lipinski definition) is 4. The largest absolute Gasteiger partial charge is 0.415 e. The zero-order valence-electron chi connectivity index (χ0n) is 16.5. The van der Waals surface area contributed by atoms with Gasteiger partial charge in [-0.05, 0) is 36.6 Å². The number of ketones is 1. The van der Waals surface area contributed by atoms with Crippen LogP contribution in [0.15, 0.2) is 78.9 Å². The zero-order chi connectivity index (χ0) is 22.6. The van der Waals surface area contributed by atoms with Gasteiger partial charge in [0.25, 0.3) is 0 Å². The van der Waals surface area contributed by atoms with E-state index in [2.05, 4.69) is 4.89 Å². The third-order valence-corrected chi connectivity index (χ3v) is 5.22. The fourth-order valence-electron chi connectivity index (χ4n) is 3.53. The molecular weight excluding hydrogens is 409 g/mol. The predicted octanol–water partition coefficient (Wildman–Crippen LogP) is 5.32. The van der Waals surface area contributed by atoms with E-state index in [1.54, 1.807) is 67.6 Å². The summed E-state index contributed by atoms with van der Waals surface area (Å²) in [7, 11) is 0. The van der Waals surface area contributed by atoms with Crippen molar-refractivity contribution in [3.8, 4) is 0 Å². The molecule has 7 heteroatoms. The summed E-state index contributed by atoms with van der Waals surface area (Å²) in [6.07, 6.45) is 0.0258. The Morgan fingerprint density at radius 3 is 2.06 bits per heavy atom. The first-order valence-corrected chi connectivity index (χ1v) is 9.38. The quantitative estimate of drug-likeness (QED) is 0.314. The van der Waals surface area contributed by atoms with Gasteiger partial charge in [-0.25, -0.2) is 9.18 Å². The number of carbonyl (C=O) groups excluding carboxylic acids is 2. The summed E-state index contributed by atoms with van der Waals surface area (Å²) >= 11 is 0. The van der Waals surface area contributed by atoms with E-state index in [1.807, 2.05) is 0 Å². The molecule has 1 N–H and O–H groups in total. The maximum atomic E-state index is 14.5. The molecule has 0 radical (unpaired) electrons. The van der Waals surface area contributed by atoms with E-state index < -0.39 is 28.7 Å². The lowest BCUT2D eigenvalue weighted by Crippen LogP contribution is -2.35. The van der Waals surface area contributed by atoms with Crippen LogP contribution in [0.1, 0.15) is 34.0 Å². The molecule has 0 aromatic heterocycles. The lowest BCUT2D eigenvalue weighted by atomic mass is 9.72. The number of halogens is 3. The molecule has 1 unspecified atom stereocenters. The van der Waals surface area contributed by atoms with Gasteiger partial charge in [-0.2, -0.15) is 14.0 Å². The zero-order valence-corrected chi connectivity index (χ0v) is 16.5. The predicted molar refractivity (Wildman–Crippen MR) is 107 cm³/mol. The molecule has 31 heavy (non-hydrogen) atoms. The molecule has 0 fully saturated rings. The summed E-state index contributed by atoms with van der Waals surface area (Å²) in [6.45, 7) is 1.71. The van der Waals surface area contributed by atoms with Crippen molar-refractivity contribution >= 4 is 11.8 Å². The van der Waals surface area contributed by atoms with E-state index in [0.29, 0.717) is 11.1 Å². The van der Waals surface area contributed by atoms with Crippen molar-refractivity contribution in [3.05, 3.63) is 107 Å². The fourth-order valence-corrected chi connectivity index (χ4v) is 3.53. The maximum Gasteiger partial charge on any atom is 0.415 e. The summed E-state index contributed by atoms with van der Waals surface area (Å²) in [5.41, 5.74) is -0.912. The van der Waals surface area contributed by atoms with E-state index in [1.165, 1.54) is 6.07 Å². The minimum Gasteiger partial charge on any atom is -0.294 e. The first kappa shape index (κ1) is 22.2. The van der Waals surface area contributed by atoms with Crippen molar-refractivity contribution in [3.63, 3.8) is 0 Å². The van der Waals surface area contributed by atoms with Gasteiger partial charge >= 0.3 is 11.9 Å². The van der Waals surface area contributed by atoms with E-state index in [4.69, 9.17) is 5.26 Å². The lowest BCUT2D eigenvalue weighted by Gasteiger charge is -2.29. The highest BCUT2D eigenvalue weighted by molar-refractivity contribution is 6.04. The summed E-state index contributed by atoms with van der Waals surface area (Å²) in [5, 5.41) is 8.24. The van der Waals surface area contributed by atoms with Gasteiger partial charge in [0.15, 0.2) is 5.78 Å². The Balaban J connectivity index is 2.02. The van der Waals surface area contributed by atoms with E-state index in [9.17, 15) is 22.8 Å². The molecule has 3 rings (SSSR count). The van der Waals surface area contributed by atoms with Gasteiger partial charge in [0.2, 0.25) is 0 Å². The Hall–Kier alpha value is -3.45. The van der Waals surface area contributed by atoms with Crippen LogP contribution in [0.3, 0.4) is 0 Å². The molecule has 0 amide bonds. The Bertz CT molecular complexity index is 1080. The topological polar surface area (TPSA) is 63.6 Å². The highest BCUT2D eigenvalue weighted by Gasteiger charge is 2.46. The molecule has 1 atom stereocenters. The summed E-state index contributed by atoms with van der Waals surface area (Å²) < 4.78 is 42.4. The van der Waals surface area contributed by atoms with Crippen LogP contribution in [-0.2, 0) is 27.4 Å². The summed E-state index contributed by atoms with van der Waals surface area (Å²) in [4.78, 5) is 27.6. The van der Waals surface area contributed by atoms with Gasteiger partial charge in [-0.3, -0.25) is 9.68 Å². The van der Waals surface area contributed by atoms with Crippen molar-refractivity contribution < 1.29 is 32.9 Å². The number of benzene rings is 3. The van der Waals surface area contributed by atoms with Gasteiger partial charge < -0.3 is 0 Å². The van der Waals surface area contributed by atoms with Crippen LogP contribution in [0.5, 0.6) is 0 Å². The maximum absolute atomic E-state index is 14.5. The number of rotatable bonds is 7. The lowest BCUT2D eigenvalue weighted by molar-refractivity contribution is -0.258. The molecule has 0 saturated heterocycles. The van der Waals surface area contributed by atoms with Gasteiger partial charge in [0.05, 0.1) is 11.0 Å². The van der Waals surface area contributed by atoms with Gasteiger partial charge in [0, 0.05) is 5.56 Å². The molecule has 3 aromatic carbocycles. The minimum atomic E-state index is -4.36. The molecule has 0 spiro atoms. The van der Waals surface area contributed by atoms with Crippen LogP contribution in [0.25, 0.3) is 0 Å². The second-order valence-corrected chi connectivity index (χ2v) is 7.34. The highest BCUT2D eigenvalue weighted by atomic mass is 19.3. The molecule has 4 nitrogen and oxygen atoms in total. The van der Waals surface area contributed by atoms with E-state index in [0.717, 1.165) is 12.1 Å². The average molecular weight is 428 g/mol. The highest BCUT2D eigenvalue weighted by Crippen LogP contribution is 2.35. The number of carbonyl (C=O) groups is 2. The first-order chi connectivity index (χ1) is 14.7. The Kier molecular flexibility index (Phi) is 6.27. The molecule has 0 aliphatic rings. The van der Waals surface area contributed by atoms with E-state index >= 15 is 0 Å². The van der Waals surface area contributed by atoms with Crippen LogP contribution in [0.4, 0.5) is 13.2 Å². The Morgan fingerprint density at radius 2 is 1.52 bits per heavy atom. The standard InChI is InChI=1S/C24H19F3O4/c1-23(18-10-6-3-7-11-18,21(28)17-8-4-2-5-9-17)15-16-12-13-19(20(25)14-16)24(26,27)22(29)31-30/h2-14,30H,15H2,1H3. The van der Waals surface area contributed by atoms with Crippen LogP contribution in [0, 0.1) is 5.82 Å². The fraction of sp³-hybridized carbons (Fsp3) is 0.167.